The Balaban J connectivity index is 1.38. The van der Waals surface area contributed by atoms with Gasteiger partial charge in [0.25, 0.3) is 5.91 Å². The molecule has 2 aliphatic heterocycles. The molecule has 2 aromatic carbocycles. The number of anilines is 1. The van der Waals surface area contributed by atoms with Gasteiger partial charge in [-0.1, -0.05) is 37.8 Å². The van der Waals surface area contributed by atoms with Crippen molar-refractivity contribution >= 4 is 22.6 Å². The second kappa shape index (κ2) is 11.7. The summed E-state index contributed by atoms with van der Waals surface area (Å²) in [7, 11) is 2.11. The van der Waals surface area contributed by atoms with Gasteiger partial charge in [-0.25, -0.2) is 11.0 Å². The van der Waals surface area contributed by atoms with Crippen LogP contribution >= 0.6 is 0 Å². The van der Waals surface area contributed by atoms with Crippen molar-refractivity contribution in [3.63, 3.8) is 0 Å². The normalized spacial score (nSPS) is 22.3. The minimum absolute atomic E-state index is 0.0671. The lowest BCUT2D eigenvalue weighted by Gasteiger charge is -2.39. The van der Waals surface area contributed by atoms with Crippen LogP contribution in [0.15, 0.2) is 48.8 Å². The number of halogens is 1. The summed E-state index contributed by atoms with van der Waals surface area (Å²) in [4.78, 5) is 31.6. The van der Waals surface area contributed by atoms with Crippen LogP contribution in [0.4, 0.5) is 10.2 Å². The molecular formula is C33H37FN6O2. The second-order valence-corrected chi connectivity index (χ2v) is 11.8. The summed E-state index contributed by atoms with van der Waals surface area (Å²) in [6, 6.07) is 13.1. The molecule has 1 amide bonds. The maximum absolute atomic E-state index is 13.8. The Labute approximate surface area is 246 Å². The van der Waals surface area contributed by atoms with E-state index in [4.69, 9.17) is 21.3 Å². The number of benzene rings is 2. The van der Waals surface area contributed by atoms with Gasteiger partial charge >= 0.3 is 6.01 Å². The number of likely N-dealkylation sites (tertiary alicyclic amines) is 1. The zero-order valence-electron chi connectivity index (χ0n) is 24.4. The molecule has 9 heteroatoms. The number of hydrogen-bond donors (Lipinski definition) is 0. The molecule has 0 saturated carbocycles. The fraction of sp³-hybridized carbons (Fsp3) is 0.455. The Kier molecular flexibility index (Phi) is 7.82. The lowest BCUT2D eigenvalue weighted by atomic mass is 9.94. The molecule has 0 N–H and O–H groups in total. The molecule has 3 atom stereocenters. The third-order valence-corrected chi connectivity index (χ3v) is 9.19. The summed E-state index contributed by atoms with van der Waals surface area (Å²) in [5, 5.41) is 0.876. The minimum atomic E-state index is -1.01. The van der Waals surface area contributed by atoms with Crippen LogP contribution in [0.1, 0.15) is 43.2 Å². The van der Waals surface area contributed by atoms with E-state index in [1.165, 1.54) is 21.6 Å². The minimum Gasteiger partial charge on any atom is -0.462 e. The Bertz CT molecular complexity index is 1570. The van der Waals surface area contributed by atoms with E-state index in [1.54, 1.807) is 0 Å². The number of piperazine rings is 1. The Morgan fingerprint density at radius 1 is 1.17 bits per heavy atom. The third kappa shape index (κ3) is 5.32. The van der Waals surface area contributed by atoms with E-state index in [9.17, 15) is 9.18 Å². The maximum atomic E-state index is 13.8. The molecule has 3 aliphatic rings. The number of rotatable bonds is 7. The number of carbonyl (C=O) groups is 1. The zero-order chi connectivity index (χ0) is 29.4. The van der Waals surface area contributed by atoms with Crippen molar-refractivity contribution in [3.05, 3.63) is 71.3 Å². The molecule has 1 aromatic heterocycles. The van der Waals surface area contributed by atoms with E-state index in [-0.39, 0.29) is 13.1 Å². The van der Waals surface area contributed by atoms with E-state index in [2.05, 4.69) is 71.6 Å². The van der Waals surface area contributed by atoms with Crippen molar-refractivity contribution in [1.82, 2.24) is 19.8 Å². The first kappa shape index (κ1) is 28.1. The fourth-order valence-electron chi connectivity index (χ4n) is 6.79. The average molecular weight is 569 g/mol. The number of fused-ring (bicyclic) bond motifs is 2. The number of ether oxygens (including phenoxy) is 1. The van der Waals surface area contributed by atoms with Crippen molar-refractivity contribution in [2.45, 2.75) is 50.6 Å². The molecule has 6 rings (SSSR count). The SMILES string of the molecule is [C-]#[N+]C[C@H]1CN(c2nc(OC[C@@H]3CCCN3C)nc3cc(-c4cccc5c4CCC5C)ccc23)CCN1C(=O)C(=C)F. The van der Waals surface area contributed by atoms with Crippen molar-refractivity contribution in [2.24, 2.45) is 0 Å². The van der Waals surface area contributed by atoms with Gasteiger partial charge in [0.15, 0.2) is 5.83 Å². The fourth-order valence-corrected chi connectivity index (χ4v) is 6.79. The molecule has 8 nitrogen and oxygen atoms in total. The average Bonchev–Trinajstić information content (AvgIpc) is 3.59. The number of hydrogen-bond acceptors (Lipinski definition) is 6. The van der Waals surface area contributed by atoms with Gasteiger partial charge in [-0.3, -0.25) is 4.79 Å². The lowest BCUT2D eigenvalue weighted by molar-refractivity contribution is -0.131. The van der Waals surface area contributed by atoms with E-state index < -0.39 is 17.8 Å². The highest BCUT2D eigenvalue weighted by Crippen LogP contribution is 2.40. The molecule has 0 bridgehead atoms. The van der Waals surface area contributed by atoms with Gasteiger partial charge in [0, 0.05) is 31.1 Å². The van der Waals surface area contributed by atoms with Crippen LogP contribution in [0.5, 0.6) is 6.01 Å². The summed E-state index contributed by atoms with van der Waals surface area (Å²) in [6.07, 6.45) is 4.46. The first-order valence-electron chi connectivity index (χ1n) is 14.8. The Morgan fingerprint density at radius 2 is 2.02 bits per heavy atom. The lowest BCUT2D eigenvalue weighted by Crippen LogP contribution is -2.56. The van der Waals surface area contributed by atoms with Gasteiger partial charge in [-0.2, -0.15) is 9.97 Å². The molecule has 0 spiro atoms. The largest absolute Gasteiger partial charge is 0.462 e. The molecule has 2 saturated heterocycles. The van der Waals surface area contributed by atoms with E-state index in [0.717, 1.165) is 48.7 Å². The first-order valence-corrected chi connectivity index (χ1v) is 14.8. The number of nitrogens with zero attached hydrogens (tertiary/aromatic N) is 6. The van der Waals surface area contributed by atoms with Crippen LogP contribution in [0.25, 0.3) is 26.9 Å². The van der Waals surface area contributed by atoms with E-state index in [1.807, 2.05) is 0 Å². The third-order valence-electron chi connectivity index (χ3n) is 9.19. The van der Waals surface area contributed by atoms with Gasteiger partial charge in [0.1, 0.15) is 18.5 Å². The summed E-state index contributed by atoms with van der Waals surface area (Å²) in [5.74, 6) is -0.497. The summed E-state index contributed by atoms with van der Waals surface area (Å²) in [5.41, 5.74) is 5.98. The molecule has 3 heterocycles. The van der Waals surface area contributed by atoms with Crippen LogP contribution < -0.4 is 9.64 Å². The van der Waals surface area contributed by atoms with Gasteiger partial charge in [0.05, 0.1) is 5.52 Å². The standard InChI is InChI=1S/C33H37FN6O2/c1-21-10-12-28-26(21)8-5-9-27(28)23-11-13-29-30(17-23)36-33(42-20-24-7-6-14-38(24)4)37-31(29)39-15-16-40(32(41)22(2)34)25(19-39)18-35-3/h5,8-9,11,13,17,21,24-25H,2,6-7,10,12,14-16,18-20H2,1,4H3/t21?,24-,25-/m0/s1. The number of likely N-dealkylation sites (N-methyl/N-ethyl adjacent to an activating group) is 1. The second-order valence-electron chi connectivity index (χ2n) is 11.8. The monoisotopic (exact) mass is 568 g/mol. The summed E-state index contributed by atoms with van der Waals surface area (Å²) >= 11 is 0. The van der Waals surface area contributed by atoms with Crippen LogP contribution in [0.3, 0.4) is 0 Å². The van der Waals surface area contributed by atoms with Crippen molar-refractivity contribution in [1.29, 1.82) is 0 Å². The predicted octanol–water partition coefficient (Wildman–Crippen LogP) is 5.24. The van der Waals surface area contributed by atoms with Crippen LogP contribution in [-0.4, -0.2) is 84.1 Å². The number of aromatic nitrogens is 2. The zero-order valence-corrected chi connectivity index (χ0v) is 24.4. The number of amides is 1. The van der Waals surface area contributed by atoms with Gasteiger partial charge < -0.3 is 24.3 Å². The maximum Gasteiger partial charge on any atom is 0.319 e. The quantitative estimate of drug-likeness (QED) is 0.287. The van der Waals surface area contributed by atoms with Gasteiger partial charge in [-0.15, -0.1) is 0 Å². The van der Waals surface area contributed by atoms with Gasteiger partial charge in [0.2, 0.25) is 6.54 Å². The molecule has 218 valence electrons. The summed E-state index contributed by atoms with van der Waals surface area (Å²) in [6.45, 7) is 15.6. The smallest absolute Gasteiger partial charge is 0.319 e. The highest BCUT2D eigenvalue weighted by molar-refractivity contribution is 5.94. The van der Waals surface area contributed by atoms with Crippen LogP contribution in [0, 0.1) is 6.57 Å². The van der Waals surface area contributed by atoms with Crippen LogP contribution in [-0.2, 0) is 11.2 Å². The molecule has 1 unspecified atom stereocenters. The first-order chi connectivity index (χ1) is 20.3. The number of carbonyl (C=O) groups excluding carboxylic acids is 1. The van der Waals surface area contributed by atoms with E-state index in [0.29, 0.717) is 43.5 Å². The van der Waals surface area contributed by atoms with Crippen LogP contribution in [0.2, 0.25) is 0 Å². The molecule has 2 fully saturated rings. The van der Waals surface area contributed by atoms with Crippen molar-refractivity contribution < 1.29 is 13.9 Å². The van der Waals surface area contributed by atoms with Crippen molar-refractivity contribution in [3.8, 4) is 17.1 Å². The molecular weight excluding hydrogens is 531 g/mol. The Morgan fingerprint density at radius 3 is 2.79 bits per heavy atom. The molecule has 3 aromatic rings. The molecule has 42 heavy (non-hydrogen) atoms. The van der Waals surface area contributed by atoms with Crippen molar-refractivity contribution in [2.75, 3.05) is 51.3 Å². The highest BCUT2D eigenvalue weighted by atomic mass is 19.1. The molecule has 0 radical (unpaired) electrons. The van der Waals surface area contributed by atoms with E-state index >= 15 is 0 Å². The highest BCUT2D eigenvalue weighted by Gasteiger charge is 2.35. The topological polar surface area (TPSA) is 66.2 Å². The molecule has 1 aliphatic carbocycles. The predicted molar refractivity (Wildman–Crippen MR) is 162 cm³/mol. The Hall–Kier alpha value is -4.03. The summed E-state index contributed by atoms with van der Waals surface area (Å²) < 4.78 is 20.0. The van der Waals surface area contributed by atoms with Gasteiger partial charge in [-0.05, 0) is 79.6 Å².